The lowest BCUT2D eigenvalue weighted by molar-refractivity contribution is -0.114. The van der Waals surface area contributed by atoms with Gasteiger partial charge < -0.3 is 20.5 Å². The van der Waals surface area contributed by atoms with Crippen molar-refractivity contribution in [3.63, 3.8) is 0 Å². The molecular formula is C20H30IN5O2. The van der Waals surface area contributed by atoms with Gasteiger partial charge in [-0.1, -0.05) is 37.2 Å². The highest BCUT2D eigenvalue weighted by Gasteiger charge is 2.13. The van der Waals surface area contributed by atoms with Crippen LogP contribution in [0.4, 0.5) is 5.69 Å². The van der Waals surface area contributed by atoms with Crippen LogP contribution in [-0.4, -0.2) is 30.1 Å². The Hall–Kier alpha value is -2.10. The minimum Gasteiger partial charge on any atom is -0.359 e. The Bertz CT molecular complexity index is 729. The van der Waals surface area contributed by atoms with Gasteiger partial charge in [0.15, 0.2) is 11.7 Å². The van der Waals surface area contributed by atoms with Crippen LogP contribution in [0.1, 0.15) is 51.0 Å². The topological polar surface area (TPSA) is 91.5 Å². The molecule has 0 spiro atoms. The monoisotopic (exact) mass is 499 g/mol. The fraction of sp³-hybridized carbons (Fsp3) is 0.450. The van der Waals surface area contributed by atoms with Crippen LogP contribution in [0.25, 0.3) is 0 Å². The average Bonchev–Trinajstić information content (AvgIpc) is 3.14. The third-order valence-corrected chi connectivity index (χ3v) is 4.19. The molecule has 1 aromatic heterocycles. The van der Waals surface area contributed by atoms with Crippen LogP contribution in [0.15, 0.2) is 45.9 Å². The number of carbonyl (C=O) groups is 1. The number of nitrogens with one attached hydrogen (secondary N) is 3. The summed E-state index contributed by atoms with van der Waals surface area (Å²) < 4.78 is 5.41. The summed E-state index contributed by atoms with van der Waals surface area (Å²) in [5.74, 6) is 1.55. The lowest BCUT2D eigenvalue weighted by Gasteiger charge is -2.10. The Kier molecular flexibility index (Phi) is 11.2. The van der Waals surface area contributed by atoms with Crippen molar-refractivity contribution in [1.82, 2.24) is 15.8 Å². The van der Waals surface area contributed by atoms with Crippen molar-refractivity contribution >= 4 is 41.5 Å². The first-order chi connectivity index (χ1) is 13.2. The zero-order valence-corrected chi connectivity index (χ0v) is 19.0. The van der Waals surface area contributed by atoms with E-state index in [1.165, 1.54) is 0 Å². The minimum absolute atomic E-state index is 0. The summed E-state index contributed by atoms with van der Waals surface area (Å²) >= 11 is 0. The maximum atomic E-state index is 12.0. The second-order valence-electron chi connectivity index (χ2n) is 6.19. The molecule has 28 heavy (non-hydrogen) atoms. The van der Waals surface area contributed by atoms with Gasteiger partial charge in [-0.15, -0.1) is 24.0 Å². The highest BCUT2D eigenvalue weighted by Crippen LogP contribution is 2.22. The van der Waals surface area contributed by atoms with E-state index in [1.54, 1.807) is 0 Å². The van der Waals surface area contributed by atoms with Gasteiger partial charge in [0.2, 0.25) is 5.91 Å². The molecule has 1 amide bonds. The molecule has 0 saturated heterocycles. The van der Waals surface area contributed by atoms with Crippen molar-refractivity contribution in [2.75, 3.05) is 18.4 Å². The Balaban J connectivity index is 0.00000392. The number of halogens is 1. The zero-order chi connectivity index (χ0) is 19.5. The first-order valence-corrected chi connectivity index (χ1v) is 9.48. The van der Waals surface area contributed by atoms with E-state index in [4.69, 9.17) is 4.52 Å². The third-order valence-electron chi connectivity index (χ3n) is 4.19. The Morgan fingerprint density at radius 3 is 2.50 bits per heavy atom. The fourth-order valence-corrected chi connectivity index (χ4v) is 2.70. The summed E-state index contributed by atoms with van der Waals surface area (Å²) in [4.78, 5) is 16.4. The first kappa shape index (κ1) is 23.9. The van der Waals surface area contributed by atoms with Crippen LogP contribution in [0.5, 0.6) is 0 Å². The van der Waals surface area contributed by atoms with Gasteiger partial charge >= 0.3 is 0 Å². The number of aromatic nitrogens is 1. The highest BCUT2D eigenvalue weighted by atomic mass is 127. The number of hydrogen-bond donors (Lipinski definition) is 3. The fourth-order valence-electron chi connectivity index (χ4n) is 2.70. The van der Waals surface area contributed by atoms with Gasteiger partial charge in [0.25, 0.3) is 0 Å². The molecule has 2 aromatic rings. The molecule has 0 aliphatic carbocycles. The Morgan fingerprint density at radius 2 is 1.86 bits per heavy atom. The number of rotatable bonds is 9. The van der Waals surface area contributed by atoms with Gasteiger partial charge in [0.05, 0.1) is 12.2 Å². The molecule has 154 valence electrons. The van der Waals surface area contributed by atoms with E-state index >= 15 is 0 Å². The molecular weight excluding hydrogens is 469 g/mol. The van der Waals surface area contributed by atoms with E-state index in [9.17, 15) is 4.79 Å². The predicted molar refractivity (Wildman–Crippen MR) is 123 cm³/mol. The number of benzene rings is 1. The van der Waals surface area contributed by atoms with Gasteiger partial charge in [0.1, 0.15) is 6.54 Å². The smallest absolute Gasteiger partial charge is 0.246 e. The maximum Gasteiger partial charge on any atom is 0.246 e. The summed E-state index contributed by atoms with van der Waals surface area (Å²) in [7, 11) is 0. The van der Waals surface area contributed by atoms with Crippen molar-refractivity contribution in [3.8, 4) is 0 Å². The Labute approximate surface area is 183 Å². The van der Waals surface area contributed by atoms with Crippen LogP contribution in [-0.2, 0) is 11.3 Å². The number of guanidine groups is 1. The molecule has 0 aliphatic heterocycles. The summed E-state index contributed by atoms with van der Waals surface area (Å²) in [5, 5.41) is 13.3. The molecule has 0 aliphatic rings. The van der Waals surface area contributed by atoms with Crippen LogP contribution >= 0.6 is 24.0 Å². The summed E-state index contributed by atoms with van der Waals surface area (Å²) in [6, 6.07) is 11.3. The molecule has 2 rings (SSSR count). The van der Waals surface area contributed by atoms with Gasteiger partial charge in [-0.05, 0) is 31.9 Å². The number of anilines is 1. The van der Waals surface area contributed by atoms with Crippen molar-refractivity contribution in [3.05, 3.63) is 47.9 Å². The third kappa shape index (κ3) is 7.87. The molecule has 1 heterocycles. The van der Waals surface area contributed by atoms with E-state index in [1.807, 2.05) is 43.3 Å². The normalized spacial score (nSPS) is 11.1. The average molecular weight is 499 g/mol. The van der Waals surface area contributed by atoms with Gasteiger partial charge in [-0.25, -0.2) is 4.99 Å². The van der Waals surface area contributed by atoms with Gasteiger partial charge in [-0.3, -0.25) is 4.79 Å². The number of carbonyl (C=O) groups excluding carboxylic acids is 1. The molecule has 0 unspecified atom stereocenters. The predicted octanol–water partition coefficient (Wildman–Crippen LogP) is 3.89. The molecule has 0 saturated carbocycles. The number of aliphatic imine (C=N–C) groups is 1. The van der Waals surface area contributed by atoms with E-state index in [0.717, 1.165) is 30.0 Å². The summed E-state index contributed by atoms with van der Waals surface area (Å²) in [6.07, 6.45) is 2.08. The van der Waals surface area contributed by atoms with E-state index < -0.39 is 0 Å². The molecule has 8 heteroatoms. The van der Waals surface area contributed by atoms with Crippen LogP contribution in [0.3, 0.4) is 0 Å². The second-order valence-corrected chi connectivity index (χ2v) is 6.19. The van der Waals surface area contributed by atoms with Crippen molar-refractivity contribution in [2.45, 2.75) is 46.1 Å². The number of amides is 1. The highest BCUT2D eigenvalue weighted by molar-refractivity contribution is 14.0. The molecule has 7 nitrogen and oxygen atoms in total. The van der Waals surface area contributed by atoms with Crippen molar-refractivity contribution in [1.29, 1.82) is 0 Å². The molecule has 0 atom stereocenters. The minimum atomic E-state index is -0.172. The van der Waals surface area contributed by atoms with Gasteiger partial charge in [-0.2, -0.15) is 0 Å². The Morgan fingerprint density at radius 1 is 1.14 bits per heavy atom. The first-order valence-electron chi connectivity index (χ1n) is 9.48. The van der Waals surface area contributed by atoms with E-state index in [-0.39, 0.29) is 36.4 Å². The standard InChI is InChI=1S/C20H29N5O2.HI/c1-4-15(5-2)18-12-17(27-25-18)13-22-20(21-6-3)23-14-19(26)24-16-10-8-7-9-11-16;/h7-12,15H,4-6,13-14H2,1-3H3,(H,24,26)(H2,21,22,23);1H. The lowest BCUT2D eigenvalue weighted by Crippen LogP contribution is -2.37. The number of para-hydroxylation sites is 1. The summed E-state index contributed by atoms with van der Waals surface area (Å²) in [6.45, 7) is 7.45. The maximum absolute atomic E-state index is 12.0. The van der Waals surface area contributed by atoms with E-state index in [0.29, 0.717) is 25.0 Å². The molecule has 3 N–H and O–H groups in total. The van der Waals surface area contributed by atoms with Crippen molar-refractivity contribution < 1.29 is 9.32 Å². The van der Waals surface area contributed by atoms with Gasteiger partial charge in [0, 0.05) is 24.2 Å². The number of hydrogen-bond acceptors (Lipinski definition) is 4. The summed E-state index contributed by atoms with van der Waals surface area (Å²) in [5.41, 5.74) is 1.74. The largest absolute Gasteiger partial charge is 0.359 e. The SMILES string of the molecule is CCNC(=NCC(=O)Nc1ccccc1)NCc1cc(C(CC)CC)no1.I. The van der Waals surface area contributed by atoms with Crippen LogP contribution in [0.2, 0.25) is 0 Å². The van der Waals surface area contributed by atoms with Crippen LogP contribution in [0, 0.1) is 0 Å². The molecule has 0 fully saturated rings. The quantitative estimate of drug-likeness (QED) is 0.277. The van der Waals surface area contributed by atoms with E-state index in [2.05, 4.69) is 39.9 Å². The molecule has 0 radical (unpaired) electrons. The van der Waals surface area contributed by atoms with Crippen molar-refractivity contribution in [2.24, 2.45) is 4.99 Å². The number of nitrogens with zero attached hydrogens (tertiary/aromatic N) is 2. The zero-order valence-electron chi connectivity index (χ0n) is 16.7. The second kappa shape index (κ2) is 13.1. The lowest BCUT2D eigenvalue weighted by atomic mass is 9.99. The molecule has 1 aromatic carbocycles. The van der Waals surface area contributed by atoms with Crippen LogP contribution < -0.4 is 16.0 Å². The molecule has 0 bridgehead atoms.